The van der Waals surface area contributed by atoms with Crippen LogP contribution in [0.5, 0.6) is 11.5 Å². The predicted octanol–water partition coefficient (Wildman–Crippen LogP) is 7.96. The molecule has 0 aromatic heterocycles. The molecule has 0 amide bonds. The molecule has 0 saturated heterocycles. The van der Waals surface area contributed by atoms with E-state index >= 15 is 0 Å². The molecule has 0 atom stereocenters. The summed E-state index contributed by atoms with van der Waals surface area (Å²) >= 11 is 6.11. The van der Waals surface area contributed by atoms with Crippen LogP contribution in [-0.2, 0) is 18.9 Å². The highest BCUT2D eigenvalue weighted by atomic mass is 35.5. The number of hydrogen-bond donors (Lipinski definition) is 1. The van der Waals surface area contributed by atoms with Crippen molar-refractivity contribution >= 4 is 17.3 Å². The maximum absolute atomic E-state index is 13.6. The second-order valence-electron chi connectivity index (χ2n) is 6.86. The Labute approximate surface area is 181 Å². The highest BCUT2D eigenvalue weighted by molar-refractivity contribution is 6.31. The maximum Gasteiger partial charge on any atom is 0.458 e. The van der Waals surface area contributed by atoms with E-state index in [1.54, 1.807) is 36.4 Å². The molecule has 0 aliphatic rings. The van der Waals surface area contributed by atoms with Crippen LogP contribution in [0, 0.1) is 0 Å². The Balaban J connectivity index is 1.70. The third-order valence-electron chi connectivity index (χ3n) is 4.61. The van der Waals surface area contributed by atoms with Crippen LogP contribution in [0.4, 0.5) is 27.6 Å². The average Bonchev–Trinajstić information content (AvgIpc) is 2.73. The van der Waals surface area contributed by atoms with Gasteiger partial charge in [-0.05, 0) is 53.9 Å². The molecule has 1 N–H and O–H groups in total. The van der Waals surface area contributed by atoms with Crippen molar-refractivity contribution in [2.24, 2.45) is 0 Å². The van der Waals surface area contributed by atoms with Crippen molar-refractivity contribution in [1.29, 1.82) is 0 Å². The number of anilines is 1. The van der Waals surface area contributed by atoms with E-state index in [1.165, 1.54) is 12.1 Å². The van der Waals surface area contributed by atoms with Crippen LogP contribution in [0.2, 0.25) is 5.02 Å². The van der Waals surface area contributed by atoms with Gasteiger partial charge >= 0.3 is 12.1 Å². The van der Waals surface area contributed by atoms with Crippen molar-refractivity contribution < 1.29 is 26.7 Å². The molecule has 0 heterocycles. The Bertz CT molecular complexity index is 1050. The van der Waals surface area contributed by atoms with Crippen LogP contribution >= 0.6 is 11.6 Å². The molecule has 3 aromatic rings. The summed E-state index contributed by atoms with van der Waals surface area (Å²) in [6.45, 7) is 2.04. The number of rotatable bonds is 7. The number of aryl methyl sites for hydroxylation is 1. The molecule has 0 bridgehead atoms. The zero-order chi connectivity index (χ0) is 22.6. The van der Waals surface area contributed by atoms with E-state index in [-0.39, 0.29) is 12.1 Å². The number of ether oxygens (including phenoxy) is 1. The van der Waals surface area contributed by atoms with Gasteiger partial charge in [-0.3, -0.25) is 0 Å². The van der Waals surface area contributed by atoms with E-state index in [9.17, 15) is 22.0 Å². The third-order valence-corrected chi connectivity index (χ3v) is 4.98. The van der Waals surface area contributed by atoms with Crippen molar-refractivity contribution in [3.05, 3.63) is 88.4 Å². The highest BCUT2D eigenvalue weighted by Gasteiger charge is 2.58. The lowest BCUT2D eigenvalue weighted by Gasteiger charge is -2.20. The average molecular weight is 456 g/mol. The van der Waals surface area contributed by atoms with E-state index in [2.05, 4.69) is 5.32 Å². The number of alkyl halides is 5. The molecular weight excluding hydrogens is 437 g/mol. The van der Waals surface area contributed by atoms with Crippen molar-refractivity contribution in [2.75, 3.05) is 5.32 Å². The Hall–Kier alpha value is -2.80. The summed E-state index contributed by atoms with van der Waals surface area (Å²) in [5.74, 6) is -3.76. The Kier molecular flexibility index (Phi) is 6.74. The summed E-state index contributed by atoms with van der Waals surface area (Å²) in [7, 11) is 0. The van der Waals surface area contributed by atoms with Gasteiger partial charge < -0.3 is 10.1 Å². The van der Waals surface area contributed by atoms with Crippen LogP contribution in [0.3, 0.4) is 0 Å². The van der Waals surface area contributed by atoms with Crippen molar-refractivity contribution in [1.82, 2.24) is 0 Å². The quantitative estimate of drug-likeness (QED) is 0.365. The molecule has 31 heavy (non-hydrogen) atoms. The topological polar surface area (TPSA) is 21.3 Å². The molecule has 3 aromatic carbocycles. The van der Waals surface area contributed by atoms with Gasteiger partial charge in [-0.2, -0.15) is 22.0 Å². The summed E-state index contributed by atoms with van der Waals surface area (Å²) in [5.41, 5.74) is 0.767. The SMILES string of the molecule is CCc1cc(Oc2cccc(NCc3cccc(C(F)(F)C(F)(F)F)c3)c2)ccc1Cl. The number of benzene rings is 3. The number of nitrogens with one attached hydrogen (secondary N) is 1. The van der Waals surface area contributed by atoms with E-state index in [4.69, 9.17) is 16.3 Å². The highest BCUT2D eigenvalue weighted by Crippen LogP contribution is 2.44. The largest absolute Gasteiger partial charge is 0.458 e. The van der Waals surface area contributed by atoms with Gasteiger partial charge in [0.15, 0.2) is 0 Å². The standard InChI is InChI=1S/C23H19ClF5NO/c1-2-16-12-20(9-10-21(16)24)31-19-8-4-7-18(13-19)30-14-15-5-3-6-17(11-15)22(25,26)23(27,28)29/h3-13,30H,2,14H2,1H3. The molecule has 164 valence electrons. The first-order valence-corrected chi connectivity index (χ1v) is 9.82. The monoisotopic (exact) mass is 455 g/mol. The first-order chi connectivity index (χ1) is 14.6. The molecule has 0 spiro atoms. The summed E-state index contributed by atoms with van der Waals surface area (Å²) < 4.78 is 70.8. The minimum absolute atomic E-state index is 0.0617. The van der Waals surface area contributed by atoms with Crippen LogP contribution in [-0.4, -0.2) is 6.18 Å². The summed E-state index contributed by atoms with van der Waals surface area (Å²) in [6.07, 6.45) is -4.89. The lowest BCUT2D eigenvalue weighted by molar-refractivity contribution is -0.289. The predicted molar refractivity (Wildman–Crippen MR) is 111 cm³/mol. The zero-order valence-corrected chi connectivity index (χ0v) is 17.2. The second kappa shape index (κ2) is 9.14. The van der Waals surface area contributed by atoms with Crippen molar-refractivity contribution in [2.45, 2.75) is 32.0 Å². The van der Waals surface area contributed by atoms with Crippen molar-refractivity contribution in [3.8, 4) is 11.5 Å². The molecule has 0 saturated carbocycles. The fourth-order valence-electron chi connectivity index (χ4n) is 2.94. The Morgan fingerprint density at radius 1 is 0.871 bits per heavy atom. The smallest absolute Gasteiger partial charge is 0.457 e. The fourth-order valence-corrected chi connectivity index (χ4v) is 3.19. The number of hydrogen-bond acceptors (Lipinski definition) is 2. The van der Waals surface area contributed by atoms with Crippen LogP contribution in [0.15, 0.2) is 66.7 Å². The summed E-state index contributed by atoms with van der Waals surface area (Å²) in [6, 6.07) is 16.5. The van der Waals surface area contributed by atoms with Gasteiger partial charge in [-0.15, -0.1) is 0 Å². The van der Waals surface area contributed by atoms with Gasteiger partial charge in [-0.1, -0.05) is 42.8 Å². The second-order valence-corrected chi connectivity index (χ2v) is 7.27. The Morgan fingerprint density at radius 3 is 2.29 bits per heavy atom. The first-order valence-electron chi connectivity index (χ1n) is 9.44. The molecule has 0 unspecified atom stereocenters. The molecule has 8 heteroatoms. The minimum Gasteiger partial charge on any atom is -0.457 e. The lowest BCUT2D eigenvalue weighted by atomic mass is 10.0. The van der Waals surface area contributed by atoms with Crippen molar-refractivity contribution in [3.63, 3.8) is 0 Å². The van der Waals surface area contributed by atoms with E-state index in [0.717, 1.165) is 24.1 Å². The molecule has 3 rings (SSSR count). The lowest BCUT2D eigenvalue weighted by Crippen LogP contribution is -2.33. The van der Waals surface area contributed by atoms with Gasteiger partial charge in [0.05, 0.1) is 0 Å². The van der Waals surface area contributed by atoms with Gasteiger partial charge in [-0.25, -0.2) is 0 Å². The van der Waals surface area contributed by atoms with Gasteiger partial charge in [0.1, 0.15) is 11.5 Å². The molecule has 0 radical (unpaired) electrons. The van der Waals surface area contributed by atoms with E-state index in [0.29, 0.717) is 22.2 Å². The van der Waals surface area contributed by atoms with Gasteiger partial charge in [0.25, 0.3) is 0 Å². The van der Waals surface area contributed by atoms with Crippen LogP contribution in [0.1, 0.15) is 23.6 Å². The zero-order valence-electron chi connectivity index (χ0n) is 16.4. The normalized spacial score (nSPS) is 12.0. The van der Waals surface area contributed by atoms with Gasteiger partial charge in [0, 0.05) is 28.9 Å². The molecule has 0 fully saturated rings. The minimum atomic E-state index is -5.65. The summed E-state index contributed by atoms with van der Waals surface area (Å²) in [5, 5.41) is 3.67. The Morgan fingerprint density at radius 2 is 1.58 bits per heavy atom. The molecule has 0 aliphatic heterocycles. The molecule has 0 aliphatic carbocycles. The third kappa shape index (κ3) is 5.47. The maximum atomic E-state index is 13.6. The fraction of sp³-hybridized carbons (Fsp3) is 0.217. The summed E-state index contributed by atoms with van der Waals surface area (Å²) in [4.78, 5) is 0. The van der Waals surface area contributed by atoms with Gasteiger partial charge in [0.2, 0.25) is 0 Å². The molecular formula is C23H19ClF5NO. The van der Waals surface area contributed by atoms with Crippen LogP contribution < -0.4 is 10.1 Å². The first kappa shape index (κ1) is 22.9. The van der Waals surface area contributed by atoms with E-state index in [1.807, 2.05) is 13.0 Å². The molecule has 2 nitrogen and oxygen atoms in total. The number of halogens is 6. The van der Waals surface area contributed by atoms with E-state index < -0.39 is 17.7 Å². The van der Waals surface area contributed by atoms with Crippen LogP contribution in [0.25, 0.3) is 0 Å².